The molecule has 1 aliphatic carbocycles. The Morgan fingerprint density at radius 2 is 1.60 bits per heavy atom. The molecule has 0 radical (unpaired) electrons. The van der Waals surface area contributed by atoms with Crippen LogP contribution < -0.4 is 5.32 Å². The van der Waals surface area contributed by atoms with Crippen LogP contribution in [0, 0.1) is 5.82 Å². The van der Waals surface area contributed by atoms with E-state index in [1.807, 2.05) is 59.5 Å². The molecule has 1 saturated carbocycles. The summed E-state index contributed by atoms with van der Waals surface area (Å²) in [5.41, 5.74) is 2.90. The van der Waals surface area contributed by atoms with Gasteiger partial charge in [0.05, 0.1) is 5.02 Å². The second-order valence-electron chi connectivity index (χ2n) is 10.7. The van der Waals surface area contributed by atoms with Gasteiger partial charge in [0.2, 0.25) is 5.91 Å². The lowest BCUT2D eigenvalue weighted by Gasteiger charge is -2.39. The quantitative estimate of drug-likeness (QED) is 0.243. The molecule has 1 fully saturated rings. The van der Waals surface area contributed by atoms with Crippen LogP contribution in [0.2, 0.25) is 5.02 Å². The molecule has 0 saturated heterocycles. The number of nitrogens with one attached hydrogen (secondary N) is 1. The molecule has 5 nitrogen and oxygen atoms in total. The zero-order chi connectivity index (χ0) is 28.4. The van der Waals surface area contributed by atoms with Crippen molar-refractivity contribution in [3.63, 3.8) is 0 Å². The van der Waals surface area contributed by atoms with E-state index in [1.54, 1.807) is 6.07 Å². The Balaban J connectivity index is 1.47. The Morgan fingerprint density at radius 3 is 2.25 bits per heavy atom. The van der Waals surface area contributed by atoms with Crippen molar-refractivity contribution in [2.45, 2.75) is 51.2 Å². The Hall–Kier alpha value is -3.26. The van der Waals surface area contributed by atoms with Crippen LogP contribution in [-0.4, -0.2) is 47.8 Å². The van der Waals surface area contributed by atoms with E-state index in [-0.39, 0.29) is 30.2 Å². The van der Waals surface area contributed by atoms with Crippen LogP contribution in [0.4, 0.5) is 10.1 Å². The molecule has 1 aliphatic rings. The van der Waals surface area contributed by atoms with Crippen LogP contribution in [-0.2, 0) is 11.3 Å². The van der Waals surface area contributed by atoms with Crippen molar-refractivity contribution in [2.75, 3.05) is 19.4 Å². The minimum absolute atomic E-state index is 0.00928. The van der Waals surface area contributed by atoms with Crippen LogP contribution in [0.15, 0.2) is 66.7 Å². The number of benzene rings is 3. The van der Waals surface area contributed by atoms with E-state index in [4.69, 9.17) is 11.6 Å². The maximum atomic E-state index is 15.3. The molecule has 40 heavy (non-hydrogen) atoms. The second-order valence-corrected chi connectivity index (χ2v) is 12.1. The highest BCUT2D eigenvalue weighted by molar-refractivity contribution is 7.21. The number of amides is 2. The molecule has 5 rings (SSSR count). The van der Waals surface area contributed by atoms with Crippen molar-refractivity contribution in [3.05, 3.63) is 88.0 Å². The highest BCUT2D eigenvalue weighted by Gasteiger charge is 2.32. The molecule has 8 heteroatoms. The van der Waals surface area contributed by atoms with E-state index in [9.17, 15) is 9.59 Å². The van der Waals surface area contributed by atoms with Crippen LogP contribution in [0.25, 0.3) is 21.2 Å². The van der Waals surface area contributed by atoms with E-state index in [0.29, 0.717) is 27.2 Å². The third kappa shape index (κ3) is 6.07. The number of hydrogen-bond acceptors (Lipinski definition) is 4. The fourth-order valence-electron chi connectivity index (χ4n) is 5.54. The number of nitrogens with zero attached hydrogens (tertiary/aromatic N) is 2. The molecule has 0 unspecified atom stereocenters. The third-order valence-corrected chi connectivity index (χ3v) is 9.42. The summed E-state index contributed by atoms with van der Waals surface area (Å²) in [4.78, 5) is 30.1. The maximum Gasteiger partial charge on any atom is 0.266 e. The van der Waals surface area contributed by atoms with Gasteiger partial charge in [0.25, 0.3) is 5.91 Å². The molecule has 3 aromatic carbocycles. The molecule has 0 atom stereocenters. The fourth-order valence-corrected chi connectivity index (χ4v) is 7.01. The second kappa shape index (κ2) is 12.1. The lowest BCUT2D eigenvalue weighted by Crippen LogP contribution is -2.44. The smallest absolute Gasteiger partial charge is 0.266 e. The highest BCUT2D eigenvalue weighted by atomic mass is 35.5. The zero-order valence-electron chi connectivity index (χ0n) is 22.9. The van der Waals surface area contributed by atoms with Crippen LogP contribution in [0.1, 0.15) is 47.8 Å². The molecule has 0 spiro atoms. The van der Waals surface area contributed by atoms with Gasteiger partial charge in [0.1, 0.15) is 10.7 Å². The predicted octanol–water partition coefficient (Wildman–Crippen LogP) is 7.83. The Labute approximate surface area is 243 Å². The van der Waals surface area contributed by atoms with E-state index in [0.717, 1.165) is 46.9 Å². The van der Waals surface area contributed by atoms with Gasteiger partial charge in [-0.25, -0.2) is 4.39 Å². The van der Waals surface area contributed by atoms with Gasteiger partial charge in [-0.15, -0.1) is 11.3 Å². The fraction of sp³-hybridized carbons (Fsp3) is 0.312. The molecular formula is C32H33ClFN3O2S. The van der Waals surface area contributed by atoms with Gasteiger partial charge >= 0.3 is 0 Å². The van der Waals surface area contributed by atoms with Crippen molar-refractivity contribution >= 4 is 50.5 Å². The first-order valence-corrected chi connectivity index (χ1v) is 14.7. The summed E-state index contributed by atoms with van der Waals surface area (Å²) in [5, 5.41) is 4.09. The maximum absolute atomic E-state index is 15.3. The number of carbonyl (C=O) groups excluding carboxylic acids is 2. The number of carbonyl (C=O) groups is 2. The number of rotatable bonds is 7. The minimum atomic E-state index is -0.346. The first-order chi connectivity index (χ1) is 19.2. The van der Waals surface area contributed by atoms with Crippen LogP contribution in [0.3, 0.4) is 0 Å². The minimum Gasteiger partial charge on any atom is -0.330 e. The first-order valence-electron chi connectivity index (χ1n) is 13.5. The van der Waals surface area contributed by atoms with Crippen LogP contribution in [0.5, 0.6) is 0 Å². The molecule has 1 heterocycles. The van der Waals surface area contributed by atoms with Crippen molar-refractivity contribution in [2.24, 2.45) is 0 Å². The molecule has 2 amide bonds. The summed E-state index contributed by atoms with van der Waals surface area (Å²) in [5.74, 6) is -0.635. The van der Waals surface area contributed by atoms with E-state index >= 15 is 4.39 Å². The monoisotopic (exact) mass is 577 g/mol. The van der Waals surface area contributed by atoms with E-state index < -0.39 is 0 Å². The van der Waals surface area contributed by atoms with Crippen molar-refractivity contribution < 1.29 is 14.0 Å². The summed E-state index contributed by atoms with van der Waals surface area (Å²) in [7, 11) is 4.18. The van der Waals surface area contributed by atoms with Gasteiger partial charge < -0.3 is 15.1 Å². The predicted molar refractivity (Wildman–Crippen MR) is 163 cm³/mol. The van der Waals surface area contributed by atoms with Gasteiger partial charge in [-0.2, -0.15) is 0 Å². The van der Waals surface area contributed by atoms with Crippen molar-refractivity contribution in [1.29, 1.82) is 0 Å². The van der Waals surface area contributed by atoms with Crippen molar-refractivity contribution in [3.8, 4) is 11.1 Å². The highest BCUT2D eigenvalue weighted by Crippen LogP contribution is 2.38. The molecule has 208 valence electrons. The largest absolute Gasteiger partial charge is 0.330 e. The lowest BCUT2D eigenvalue weighted by molar-refractivity contribution is -0.114. The molecule has 1 N–H and O–H groups in total. The third-order valence-electron chi connectivity index (χ3n) is 7.75. The topological polar surface area (TPSA) is 52.7 Å². The van der Waals surface area contributed by atoms with E-state index in [1.165, 1.54) is 24.3 Å². The molecule has 4 aromatic rings. The first kappa shape index (κ1) is 28.3. The molecule has 0 aliphatic heterocycles. The van der Waals surface area contributed by atoms with E-state index in [2.05, 4.69) is 24.3 Å². The van der Waals surface area contributed by atoms with Gasteiger partial charge in [0.15, 0.2) is 0 Å². The number of halogens is 2. The lowest BCUT2D eigenvalue weighted by atomic mass is 9.89. The molecule has 0 bridgehead atoms. The molecule has 1 aromatic heterocycles. The van der Waals surface area contributed by atoms with Gasteiger partial charge in [0, 0.05) is 46.9 Å². The average Bonchev–Trinajstić information content (AvgIpc) is 3.29. The van der Waals surface area contributed by atoms with Crippen LogP contribution >= 0.6 is 22.9 Å². The number of fused-ring (bicyclic) bond motifs is 1. The van der Waals surface area contributed by atoms with Gasteiger partial charge in [-0.1, -0.05) is 48.0 Å². The SMILES string of the molecule is CC(=O)Nc1ccc(-c2ccc(F)c(CN(C(=O)c3sc4ccccc4c3Cl)C3CCC(N(C)C)CC3)c2)cc1. The Morgan fingerprint density at radius 1 is 0.950 bits per heavy atom. The van der Waals surface area contributed by atoms with Crippen molar-refractivity contribution in [1.82, 2.24) is 9.80 Å². The standard InChI is InChI=1S/C32H33ClFN3O2S/c1-20(38)35-24-11-8-21(9-12-24)22-10-17-28(34)23(18-22)19-37(26-15-13-25(14-16-26)36(2)3)32(39)31-30(33)27-6-4-5-7-29(27)40-31/h4-12,17-18,25-26H,13-16,19H2,1-3H3,(H,35,38). The number of anilines is 1. The number of thiophene rings is 1. The average molecular weight is 578 g/mol. The summed E-state index contributed by atoms with van der Waals surface area (Å²) in [6, 6.07) is 20.7. The van der Waals surface area contributed by atoms with Gasteiger partial charge in [-0.05, 0) is 81.2 Å². The van der Waals surface area contributed by atoms with Gasteiger partial charge in [-0.3, -0.25) is 9.59 Å². The Kier molecular flexibility index (Phi) is 8.54. The summed E-state index contributed by atoms with van der Waals surface area (Å²) in [6.45, 7) is 1.62. The summed E-state index contributed by atoms with van der Waals surface area (Å²) < 4.78 is 16.2. The Bertz CT molecular complexity index is 1530. The zero-order valence-corrected chi connectivity index (χ0v) is 24.5. The summed E-state index contributed by atoms with van der Waals surface area (Å²) >= 11 is 8.13. The molecular weight excluding hydrogens is 545 g/mol. The normalized spacial score (nSPS) is 17.2. The number of hydrogen-bond donors (Lipinski definition) is 1. The summed E-state index contributed by atoms with van der Waals surface area (Å²) in [6.07, 6.45) is 3.65.